The van der Waals surface area contributed by atoms with Crippen molar-refractivity contribution >= 4 is 11.8 Å². The number of piperidine rings is 1. The number of halogens is 1. The molecule has 2 aromatic rings. The number of nitrogens with zero attached hydrogens (tertiary/aromatic N) is 1. The van der Waals surface area contributed by atoms with Gasteiger partial charge in [0.15, 0.2) is 0 Å². The molecule has 3 rings (SSSR count). The number of likely N-dealkylation sites (tertiary alicyclic amines) is 1. The van der Waals surface area contributed by atoms with Crippen LogP contribution in [0.4, 0.5) is 4.39 Å². The first-order valence-electron chi connectivity index (χ1n) is 10.7. The average molecular weight is 411 g/mol. The van der Waals surface area contributed by atoms with Gasteiger partial charge in [0.1, 0.15) is 5.82 Å². The Morgan fingerprint density at radius 2 is 1.80 bits per heavy atom. The highest BCUT2D eigenvalue weighted by Gasteiger charge is 2.31. The molecule has 2 aromatic carbocycles. The number of amides is 2. The third-order valence-corrected chi connectivity index (χ3v) is 5.93. The first kappa shape index (κ1) is 22.0. The van der Waals surface area contributed by atoms with Crippen LogP contribution in [0.25, 0.3) is 0 Å². The molecule has 160 valence electrons. The van der Waals surface area contributed by atoms with E-state index in [1.807, 2.05) is 25.1 Å². The van der Waals surface area contributed by atoms with Crippen LogP contribution in [-0.4, -0.2) is 35.8 Å². The summed E-state index contributed by atoms with van der Waals surface area (Å²) in [7, 11) is 0. The summed E-state index contributed by atoms with van der Waals surface area (Å²) in [5, 5.41) is 3.16. The van der Waals surface area contributed by atoms with Crippen LogP contribution in [0.2, 0.25) is 0 Å². The van der Waals surface area contributed by atoms with E-state index in [0.29, 0.717) is 18.7 Å². The van der Waals surface area contributed by atoms with Crippen molar-refractivity contribution in [2.24, 2.45) is 5.92 Å². The SMILES string of the molecule is CC(CC(C)(C)c1ccccc1)NC(=O)C1CCCN(C(=O)c2ccc(F)cc2)C1. The number of carbonyl (C=O) groups is 2. The summed E-state index contributed by atoms with van der Waals surface area (Å²) in [4.78, 5) is 27.3. The summed E-state index contributed by atoms with van der Waals surface area (Å²) in [5.41, 5.74) is 1.65. The Labute approximate surface area is 178 Å². The number of rotatable bonds is 6. The van der Waals surface area contributed by atoms with Gasteiger partial charge in [-0.05, 0) is 61.4 Å². The van der Waals surface area contributed by atoms with E-state index in [9.17, 15) is 14.0 Å². The largest absolute Gasteiger partial charge is 0.353 e. The van der Waals surface area contributed by atoms with Crippen LogP contribution in [0.3, 0.4) is 0 Å². The summed E-state index contributed by atoms with van der Waals surface area (Å²) in [5.74, 6) is -0.728. The first-order chi connectivity index (χ1) is 14.3. The molecule has 2 atom stereocenters. The van der Waals surface area contributed by atoms with Crippen LogP contribution in [0.15, 0.2) is 54.6 Å². The van der Waals surface area contributed by atoms with Gasteiger partial charge in [0.2, 0.25) is 5.91 Å². The lowest BCUT2D eigenvalue weighted by Gasteiger charge is -2.34. The molecule has 0 bridgehead atoms. The van der Waals surface area contributed by atoms with E-state index in [4.69, 9.17) is 0 Å². The summed E-state index contributed by atoms with van der Waals surface area (Å²) in [6.45, 7) is 7.43. The smallest absolute Gasteiger partial charge is 0.253 e. The monoisotopic (exact) mass is 410 g/mol. The zero-order valence-electron chi connectivity index (χ0n) is 18.0. The average Bonchev–Trinajstić information content (AvgIpc) is 2.74. The number of hydrogen-bond acceptors (Lipinski definition) is 2. The van der Waals surface area contributed by atoms with E-state index in [1.165, 1.54) is 29.8 Å². The molecule has 1 aliphatic rings. The lowest BCUT2D eigenvalue weighted by Crippen LogP contribution is -2.47. The Hall–Kier alpha value is -2.69. The minimum absolute atomic E-state index is 0.00275. The van der Waals surface area contributed by atoms with E-state index in [1.54, 1.807) is 4.90 Å². The lowest BCUT2D eigenvalue weighted by molar-refractivity contribution is -0.127. The molecular weight excluding hydrogens is 379 g/mol. The number of nitrogens with one attached hydrogen (secondary N) is 1. The second kappa shape index (κ2) is 9.41. The fraction of sp³-hybridized carbons (Fsp3) is 0.440. The maximum Gasteiger partial charge on any atom is 0.253 e. The van der Waals surface area contributed by atoms with Crippen molar-refractivity contribution in [1.82, 2.24) is 10.2 Å². The van der Waals surface area contributed by atoms with E-state index < -0.39 is 0 Å². The van der Waals surface area contributed by atoms with Crippen LogP contribution in [0.5, 0.6) is 0 Å². The fourth-order valence-corrected chi connectivity index (χ4v) is 4.34. The van der Waals surface area contributed by atoms with Crippen molar-refractivity contribution in [2.45, 2.75) is 51.5 Å². The van der Waals surface area contributed by atoms with Gasteiger partial charge in [0.25, 0.3) is 5.91 Å². The van der Waals surface area contributed by atoms with Crippen LogP contribution in [-0.2, 0) is 10.2 Å². The van der Waals surface area contributed by atoms with Crippen molar-refractivity contribution in [2.75, 3.05) is 13.1 Å². The van der Waals surface area contributed by atoms with Gasteiger partial charge in [0, 0.05) is 24.7 Å². The third kappa shape index (κ3) is 5.47. The molecule has 0 spiro atoms. The van der Waals surface area contributed by atoms with Crippen molar-refractivity contribution in [3.8, 4) is 0 Å². The summed E-state index contributed by atoms with van der Waals surface area (Å²) in [6.07, 6.45) is 2.39. The minimum atomic E-state index is -0.366. The molecule has 5 heteroatoms. The zero-order valence-corrected chi connectivity index (χ0v) is 18.0. The molecule has 1 aliphatic heterocycles. The van der Waals surface area contributed by atoms with Gasteiger partial charge in [-0.3, -0.25) is 9.59 Å². The Kier molecular flexibility index (Phi) is 6.91. The van der Waals surface area contributed by atoms with Crippen molar-refractivity contribution in [3.63, 3.8) is 0 Å². The van der Waals surface area contributed by atoms with E-state index in [-0.39, 0.29) is 35.0 Å². The molecule has 2 amide bonds. The van der Waals surface area contributed by atoms with Crippen molar-refractivity contribution in [3.05, 3.63) is 71.5 Å². The Balaban J connectivity index is 1.57. The van der Waals surface area contributed by atoms with E-state index >= 15 is 0 Å². The van der Waals surface area contributed by atoms with Gasteiger partial charge in [-0.2, -0.15) is 0 Å². The topological polar surface area (TPSA) is 49.4 Å². The standard InChI is InChI=1S/C25H31FN2O2/c1-18(16-25(2,3)21-9-5-4-6-10-21)27-23(29)20-8-7-15-28(17-20)24(30)19-11-13-22(26)14-12-19/h4-6,9-14,18,20H,7-8,15-17H2,1-3H3,(H,27,29). The van der Waals surface area contributed by atoms with Gasteiger partial charge < -0.3 is 10.2 Å². The maximum absolute atomic E-state index is 13.1. The molecule has 1 fully saturated rings. The second-order valence-corrected chi connectivity index (χ2v) is 8.96. The van der Waals surface area contributed by atoms with Crippen LogP contribution >= 0.6 is 0 Å². The second-order valence-electron chi connectivity index (χ2n) is 8.96. The van der Waals surface area contributed by atoms with Gasteiger partial charge in [0.05, 0.1) is 5.92 Å². The molecule has 2 unspecified atom stereocenters. The van der Waals surface area contributed by atoms with Crippen molar-refractivity contribution in [1.29, 1.82) is 0 Å². The Bertz CT molecular complexity index is 864. The number of hydrogen-bond donors (Lipinski definition) is 1. The maximum atomic E-state index is 13.1. The fourth-order valence-electron chi connectivity index (χ4n) is 4.34. The van der Waals surface area contributed by atoms with Crippen LogP contribution in [0.1, 0.15) is 56.0 Å². The van der Waals surface area contributed by atoms with Gasteiger partial charge in [-0.25, -0.2) is 4.39 Å². The molecule has 1 saturated heterocycles. The van der Waals surface area contributed by atoms with Crippen molar-refractivity contribution < 1.29 is 14.0 Å². The number of carbonyl (C=O) groups excluding carboxylic acids is 2. The highest BCUT2D eigenvalue weighted by molar-refractivity contribution is 5.94. The van der Waals surface area contributed by atoms with Gasteiger partial charge in [-0.15, -0.1) is 0 Å². The van der Waals surface area contributed by atoms with Gasteiger partial charge >= 0.3 is 0 Å². The molecule has 30 heavy (non-hydrogen) atoms. The highest BCUT2D eigenvalue weighted by atomic mass is 19.1. The molecule has 0 aliphatic carbocycles. The first-order valence-corrected chi connectivity index (χ1v) is 10.7. The minimum Gasteiger partial charge on any atom is -0.353 e. The van der Waals surface area contributed by atoms with Gasteiger partial charge in [-0.1, -0.05) is 44.2 Å². The Morgan fingerprint density at radius 3 is 2.47 bits per heavy atom. The van der Waals surface area contributed by atoms with Crippen LogP contribution in [0, 0.1) is 11.7 Å². The molecule has 1 N–H and O–H groups in total. The normalized spacial score (nSPS) is 18.0. The highest BCUT2D eigenvalue weighted by Crippen LogP contribution is 2.28. The quantitative estimate of drug-likeness (QED) is 0.760. The van der Waals surface area contributed by atoms with E-state index in [0.717, 1.165) is 19.3 Å². The van der Waals surface area contributed by atoms with Crippen LogP contribution < -0.4 is 5.32 Å². The number of benzene rings is 2. The summed E-state index contributed by atoms with van der Waals surface area (Å²) >= 11 is 0. The predicted molar refractivity (Wildman–Crippen MR) is 117 cm³/mol. The predicted octanol–water partition coefficient (Wildman–Crippen LogP) is 4.55. The molecule has 0 aromatic heterocycles. The summed E-state index contributed by atoms with van der Waals surface area (Å²) < 4.78 is 13.1. The lowest BCUT2D eigenvalue weighted by atomic mass is 9.79. The molecule has 4 nitrogen and oxygen atoms in total. The Morgan fingerprint density at radius 1 is 1.13 bits per heavy atom. The molecule has 0 saturated carbocycles. The summed E-state index contributed by atoms with van der Waals surface area (Å²) in [6, 6.07) is 15.9. The molecule has 1 heterocycles. The molecular formula is C25H31FN2O2. The third-order valence-electron chi connectivity index (χ3n) is 5.93. The zero-order chi connectivity index (χ0) is 21.7. The van der Waals surface area contributed by atoms with E-state index in [2.05, 4.69) is 31.3 Å². The molecule has 0 radical (unpaired) electrons.